The smallest absolute Gasteiger partial charge is 0.292 e. The van der Waals surface area contributed by atoms with Crippen molar-refractivity contribution < 1.29 is 9.53 Å². The molecule has 0 saturated heterocycles. The van der Waals surface area contributed by atoms with Crippen molar-refractivity contribution in [1.82, 2.24) is 25.8 Å². The normalized spacial score (nSPS) is 10.3. The molecule has 9 heteroatoms. The summed E-state index contributed by atoms with van der Waals surface area (Å²) in [6, 6.07) is 14.2. The van der Waals surface area contributed by atoms with Gasteiger partial charge >= 0.3 is 0 Å². The highest BCUT2D eigenvalue weighted by atomic mass is 35.5. The van der Waals surface area contributed by atoms with Crippen LogP contribution >= 0.6 is 23.8 Å². The number of hydrazine groups is 1. The van der Waals surface area contributed by atoms with Crippen LogP contribution in [0.3, 0.4) is 0 Å². The average Bonchev–Trinajstić information content (AvgIpc) is 3.08. The van der Waals surface area contributed by atoms with Crippen molar-refractivity contribution in [3.05, 3.63) is 70.5 Å². The first-order chi connectivity index (χ1) is 13.0. The van der Waals surface area contributed by atoms with Crippen LogP contribution < -0.4 is 15.6 Å². The first-order valence-corrected chi connectivity index (χ1v) is 8.71. The van der Waals surface area contributed by atoms with Crippen LogP contribution in [-0.2, 0) is 0 Å². The van der Waals surface area contributed by atoms with Crippen LogP contribution in [0, 0.1) is 6.92 Å². The Bertz CT molecular complexity index is 970. The van der Waals surface area contributed by atoms with E-state index in [9.17, 15) is 4.79 Å². The van der Waals surface area contributed by atoms with Crippen molar-refractivity contribution in [2.45, 2.75) is 6.92 Å². The molecular weight excluding hydrogens is 386 g/mol. The molecule has 0 atom stereocenters. The molecular formula is C18H16ClN5O2S. The molecule has 1 heterocycles. The van der Waals surface area contributed by atoms with Gasteiger partial charge in [-0.05, 0) is 55.5 Å². The number of nitrogens with one attached hydrogen (secondary N) is 2. The number of carbonyl (C=O) groups excluding carboxylic acids is 1. The molecule has 0 aliphatic rings. The van der Waals surface area contributed by atoms with Crippen LogP contribution in [0.15, 0.2) is 48.5 Å². The molecule has 2 N–H and O–H groups in total. The number of nitrogens with zero attached hydrogens (tertiary/aromatic N) is 3. The summed E-state index contributed by atoms with van der Waals surface area (Å²) < 4.78 is 6.67. The predicted octanol–water partition coefficient (Wildman–Crippen LogP) is 2.85. The van der Waals surface area contributed by atoms with Crippen LogP contribution in [0.25, 0.3) is 5.69 Å². The van der Waals surface area contributed by atoms with Crippen LogP contribution in [0.1, 0.15) is 21.7 Å². The lowest BCUT2D eigenvalue weighted by molar-refractivity contribution is 0.0938. The van der Waals surface area contributed by atoms with E-state index < -0.39 is 5.91 Å². The van der Waals surface area contributed by atoms with Gasteiger partial charge in [-0.1, -0.05) is 29.0 Å². The summed E-state index contributed by atoms with van der Waals surface area (Å²) in [5.74, 6) is 0.281. The maximum Gasteiger partial charge on any atom is 0.292 e. The summed E-state index contributed by atoms with van der Waals surface area (Å²) in [6.07, 6.45) is 0. The minimum Gasteiger partial charge on any atom is -0.497 e. The maximum absolute atomic E-state index is 12.4. The Morgan fingerprint density at radius 1 is 1.11 bits per heavy atom. The third-order valence-corrected chi connectivity index (χ3v) is 4.41. The summed E-state index contributed by atoms with van der Waals surface area (Å²) >= 11 is 11.2. The number of rotatable bonds is 4. The van der Waals surface area contributed by atoms with Gasteiger partial charge in [-0.2, -0.15) is 0 Å². The van der Waals surface area contributed by atoms with Gasteiger partial charge in [0.1, 0.15) is 10.7 Å². The van der Waals surface area contributed by atoms with Gasteiger partial charge in [-0.3, -0.25) is 15.6 Å². The van der Waals surface area contributed by atoms with E-state index in [1.807, 2.05) is 0 Å². The molecule has 27 heavy (non-hydrogen) atoms. The van der Waals surface area contributed by atoms with E-state index in [1.165, 1.54) is 0 Å². The van der Waals surface area contributed by atoms with Gasteiger partial charge < -0.3 is 4.74 Å². The summed E-state index contributed by atoms with van der Waals surface area (Å²) in [5.41, 5.74) is 7.53. The Morgan fingerprint density at radius 2 is 1.78 bits per heavy atom. The first-order valence-electron chi connectivity index (χ1n) is 7.92. The average molecular weight is 402 g/mol. The highest BCUT2D eigenvalue weighted by Crippen LogP contribution is 2.15. The van der Waals surface area contributed by atoms with Crippen LogP contribution in [0.5, 0.6) is 5.75 Å². The Kier molecular flexibility index (Phi) is 5.68. The maximum atomic E-state index is 12.4. The topological polar surface area (TPSA) is 81.1 Å². The Balaban J connectivity index is 1.67. The lowest BCUT2D eigenvalue weighted by Crippen LogP contribution is -2.41. The molecule has 3 rings (SSSR count). The van der Waals surface area contributed by atoms with Crippen LogP contribution in [-0.4, -0.2) is 33.0 Å². The van der Waals surface area contributed by atoms with E-state index in [4.69, 9.17) is 28.6 Å². The zero-order valence-corrected chi connectivity index (χ0v) is 16.1. The zero-order valence-electron chi connectivity index (χ0n) is 14.6. The van der Waals surface area contributed by atoms with E-state index >= 15 is 0 Å². The number of ether oxygens (including phenoxy) is 1. The van der Waals surface area contributed by atoms with Gasteiger partial charge in [0, 0.05) is 10.6 Å². The molecule has 0 spiro atoms. The second-order valence-corrected chi connectivity index (χ2v) is 6.39. The lowest BCUT2D eigenvalue weighted by atomic mass is 10.2. The van der Waals surface area contributed by atoms with Crippen molar-refractivity contribution in [3.8, 4) is 11.4 Å². The number of thiocarbonyl (C=S) groups is 1. The number of amides is 1. The van der Waals surface area contributed by atoms with Crippen molar-refractivity contribution >= 4 is 34.7 Å². The largest absolute Gasteiger partial charge is 0.497 e. The number of benzene rings is 2. The molecule has 0 aliphatic carbocycles. The van der Waals surface area contributed by atoms with Crippen molar-refractivity contribution in [2.24, 2.45) is 0 Å². The van der Waals surface area contributed by atoms with E-state index in [0.717, 1.165) is 17.0 Å². The third kappa shape index (κ3) is 4.24. The molecule has 3 aromatic rings. The molecule has 0 radical (unpaired) electrons. The van der Waals surface area contributed by atoms with E-state index in [2.05, 4.69) is 21.2 Å². The Morgan fingerprint density at radius 3 is 2.41 bits per heavy atom. The molecule has 0 fully saturated rings. The molecule has 1 aromatic heterocycles. The quantitative estimate of drug-likeness (QED) is 0.517. The molecule has 138 valence electrons. The van der Waals surface area contributed by atoms with Crippen LogP contribution in [0.4, 0.5) is 0 Å². The Hall–Kier alpha value is -2.97. The SMILES string of the molecule is COc1ccc(C(=S)NNC(=O)c2nnn(-c3ccc(Cl)cc3)c2C)cc1. The summed E-state index contributed by atoms with van der Waals surface area (Å²) in [7, 11) is 1.59. The van der Waals surface area contributed by atoms with Crippen molar-refractivity contribution in [1.29, 1.82) is 0 Å². The van der Waals surface area contributed by atoms with Gasteiger partial charge in [0.2, 0.25) is 0 Å². The number of hydrogen-bond donors (Lipinski definition) is 2. The van der Waals surface area contributed by atoms with E-state index in [-0.39, 0.29) is 5.69 Å². The van der Waals surface area contributed by atoms with Crippen molar-refractivity contribution in [3.63, 3.8) is 0 Å². The second kappa shape index (κ2) is 8.15. The van der Waals surface area contributed by atoms with Gasteiger partial charge in [0.15, 0.2) is 5.69 Å². The molecule has 2 aromatic carbocycles. The molecule has 1 amide bonds. The summed E-state index contributed by atoms with van der Waals surface area (Å²) in [5, 5.41) is 8.60. The number of methoxy groups -OCH3 is 1. The number of halogens is 1. The molecule has 0 bridgehead atoms. The monoisotopic (exact) mass is 401 g/mol. The minimum absolute atomic E-state index is 0.190. The summed E-state index contributed by atoms with van der Waals surface area (Å²) in [6.45, 7) is 1.76. The predicted molar refractivity (Wildman–Crippen MR) is 106 cm³/mol. The third-order valence-electron chi connectivity index (χ3n) is 3.82. The van der Waals surface area contributed by atoms with Gasteiger partial charge in [0.25, 0.3) is 5.91 Å². The summed E-state index contributed by atoms with van der Waals surface area (Å²) in [4.78, 5) is 12.8. The minimum atomic E-state index is -0.441. The van der Waals surface area contributed by atoms with E-state index in [0.29, 0.717) is 15.7 Å². The zero-order chi connectivity index (χ0) is 19.4. The van der Waals surface area contributed by atoms with Crippen LogP contribution in [0.2, 0.25) is 5.02 Å². The fraction of sp³-hybridized carbons (Fsp3) is 0.111. The number of aromatic nitrogens is 3. The highest BCUT2D eigenvalue weighted by molar-refractivity contribution is 7.80. The van der Waals surface area contributed by atoms with Gasteiger partial charge in [-0.15, -0.1) is 5.10 Å². The van der Waals surface area contributed by atoms with E-state index in [1.54, 1.807) is 67.2 Å². The molecule has 0 aliphatic heterocycles. The van der Waals surface area contributed by atoms with Gasteiger partial charge in [-0.25, -0.2) is 4.68 Å². The number of carbonyl (C=O) groups is 1. The highest BCUT2D eigenvalue weighted by Gasteiger charge is 2.17. The molecule has 7 nitrogen and oxygen atoms in total. The molecule has 0 saturated carbocycles. The second-order valence-electron chi connectivity index (χ2n) is 5.55. The Labute approximate surface area is 166 Å². The standard InChI is InChI=1S/C18H16ClN5O2S/c1-11-16(20-23-24(11)14-7-5-13(19)6-8-14)17(25)21-22-18(27)12-3-9-15(26-2)10-4-12/h3-10H,1-2H3,(H,21,25)(H,22,27). The fourth-order valence-electron chi connectivity index (χ4n) is 2.35. The first kappa shape index (κ1) is 18.8. The lowest BCUT2D eigenvalue weighted by Gasteiger charge is -2.09. The number of hydrogen-bond acceptors (Lipinski definition) is 5. The molecule has 0 unspecified atom stereocenters. The van der Waals surface area contributed by atoms with Crippen molar-refractivity contribution in [2.75, 3.05) is 7.11 Å². The van der Waals surface area contributed by atoms with Gasteiger partial charge in [0.05, 0.1) is 18.5 Å². The fourth-order valence-corrected chi connectivity index (χ4v) is 2.67.